The van der Waals surface area contributed by atoms with Gasteiger partial charge in [0.2, 0.25) is 0 Å². The highest BCUT2D eigenvalue weighted by Gasteiger charge is 2.35. The number of aryl methyl sites for hydroxylation is 1. The molecule has 0 amide bonds. The summed E-state index contributed by atoms with van der Waals surface area (Å²) in [5, 5.41) is 16.5. The summed E-state index contributed by atoms with van der Waals surface area (Å²) in [6.07, 6.45) is -1.21. The first-order chi connectivity index (χ1) is 18.6. The molecule has 0 radical (unpaired) electrons. The molecule has 2 atom stereocenters. The molecule has 0 spiro atoms. The molecule has 0 bridgehead atoms. The second-order valence-electron chi connectivity index (χ2n) is 8.89. The zero-order chi connectivity index (χ0) is 31.7. The van der Waals surface area contributed by atoms with E-state index < -0.39 is 90.7 Å². The molecule has 14 nitrogen and oxygen atoms in total. The van der Waals surface area contributed by atoms with Crippen LogP contribution in [0.5, 0.6) is 0 Å². The van der Waals surface area contributed by atoms with Crippen LogP contribution >= 0.6 is 0 Å². The van der Waals surface area contributed by atoms with Gasteiger partial charge < -0.3 is 10.2 Å². The Morgan fingerprint density at radius 1 is 0.805 bits per heavy atom. The van der Waals surface area contributed by atoms with Crippen molar-refractivity contribution in [2.75, 3.05) is 35.4 Å². The lowest BCUT2D eigenvalue weighted by atomic mass is 10.2. The minimum Gasteiger partial charge on any atom is -0.394 e. The summed E-state index contributed by atoms with van der Waals surface area (Å²) in [4.78, 5) is 0.217. The van der Waals surface area contributed by atoms with Crippen LogP contribution in [-0.4, -0.2) is 108 Å². The Labute approximate surface area is 240 Å². The molecule has 1 aliphatic rings. The lowest BCUT2D eigenvalue weighted by Crippen LogP contribution is -2.24. The fourth-order valence-electron chi connectivity index (χ4n) is 3.10. The van der Waals surface area contributed by atoms with Crippen LogP contribution in [0.15, 0.2) is 64.4 Å². The molecule has 234 valence electrons. The van der Waals surface area contributed by atoms with Crippen LogP contribution in [0.4, 0.5) is 0 Å². The molecule has 2 aromatic carbocycles. The first kappa shape index (κ1) is 37.1. The standard InChI is InChI=1S/C9H12O5S2.C9H12O4S.C4H8O5S2/c1-8-2-4-9(5-3-8)15(10,11)6-7-16(12,13)14;10-6-8(11)7-14(12,13)9-4-2-1-3-5-9;5-10(6)2-1-4(3-10)11(7,8)9/h2-5H,6-7H2,1H3,(H,12,13,14);1-5,8,10-11H,6-7H2;4H,1-3H2,(H,7,8,9). The second kappa shape index (κ2) is 15.0. The molecular weight excluding hydrogens is 649 g/mol. The van der Waals surface area contributed by atoms with Gasteiger partial charge in [-0.1, -0.05) is 35.9 Å². The van der Waals surface area contributed by atoms with Gasteiger partial charge >= 0.3 is 0 Å². The third kappa shape index (κ3) is 14.2. The molecule has 41 heavy (non-hydrogen) atoms. The van der Waals surface area contributed by atoms with Crippen LogP contribution in [0.2, 0.25) is 0 Å². The average molecular weight is 681 g/mol. The van der Waals surface area contributed by atoms with E-state index in [0.717, 1.165) is 5.56 Å². The SMILES string of the molecule is Cc1ccc(S(=O)(=O)CCS(=O)(=O)O)cc1.O=S(=O)(CC(O)CO)c1ccccc1.O=S1(=O)CCC(S(=O)(=O)O)C1. The van der Waals surface area contributed by atoms with Crippen LogP contribution in [0.3, 0.4) is 0 Å². The van der Waals surface area contributed by atoms with Crippen LogP contribution in [0.1, 0.15) is 12.0 Å². The number of aliphatic hydroxyl groups is 2. The normalized spacial score (nSPS) is 17.8. The fourth-order valence-corrected chi connectivity index (χ4v) is 10.4. The van der Waals surface area contributed by atoms with Gasteiger partial charge in [-0.15, -0.1) is 0 Å². The van der Waals surface area contributed by atoms with Gasteiger partial charge in [-0.25, -0.2) is 25.3 Å². The Hall–Kier alpha value is -1.97. The maximum Gasteiger partial charge on any atom is 0.268 e. The monoisotopic (exact) mass is 680 g/mol. The Balaban J connectivity index is 0.000000313. The first-order valence-corrected chi connectivity index (χ1v) is 19.8. The minimum absolute atomic E-state index is 0.0150. The van der Waals surface area contributed by atoms with E-state index in [1.54, 1.807) is 30.3 Å². The second-order valence-corrected chi connectivity index (χ2v) is 18.5. The molecule has 3 rings (SSSR count). The molecule has 19 heteroatoms. The van der Waals surface area contributed by atoms with Crippen LogP contribution in [-0.2, 0) is 49.7 Å². The molecule has 1 aliphatic heterocycles. The highest BCUT2D eigenvalue weighted by molar-refractivity contribution is 7.94. The topological polar surface area (TPSA) is 252 Å². The molecule has 2 aromatic rings. The molecule has 0 aliphatic carbocycles. The lowest BCUT2D eigenvalue weighted by molar-refractivity contribution is 0.112. The van der Waals surface area contributed by atoms with Gasteiger partial charge in [0.05, 0.1) is 51.3 Å². The number of benzene rings is 2. The predicted molar refractivity (Wildman–Crippen MR) is 150 cm³/mol. The Kier molecular flexibility index (Phi) is 13.5. The van der Waals surface area contributed by atoms with E-state index in [-0.39, 0.29) is 22.0 Å². The number of rotatable bonds is 9. The molecule has 1 saturated heterocycles. The van der Waals surface area contributed by atoms with Crippen molar-refractivity contribution in [1.82, 2.24) is 0 Å². The summed E-state index contributed by atoms with van der Waals surface area (Å²) in [6.45, 7) is 1.26. The van der Waals surface area contributed by atoms with Gasteiger partial charge in [0, 0.05) is 0 Å². The summed E-state index contributed by atoms with van der Waals surface area (Å²) >= 11 is 0. The van der Waals surface area contributed by atoms with E-state index in [9.17, 15) is 42.1 Å². The molecular formula is C22H32O14S5. The number of aliphatic hydroxyl groups excluding tert-OH is 2. The Morgan fingerprint density at radius 3 is 1.71 bits per heavy atom. The smallest absolute Gasteiger partial charge is 0.268 e. The Bertz CT molecular complexity index is 1670. The van der Waals surface area contributed by atoms with E-state index >= 15 is 0 Å². The number of sulfone groups is 3. The predicted octanol–water partition coefficient (Wildman–Crippen LogP) is -0.469. The van der Waals surface area contributed by atoms with Gasteiger partial charge in [-0.2, -0.15) is 16.8 Å². The third-order valence-electron chi connectivity index (χ3n) is 5.33. The summed E-state index contributed by atoms with van der Waals surface area (Å²) < 4.78 is 126. The third-order valence-corrected chi connectivity index (χ3v) is 13.1. The van der Waals surface area contributed by atoms with E-state index in [4.69, 9.17) is 19.3 Å². The summed E-state index contributed by atoms with van der Waals surface area (Å²) in [6, 6.07) is 13.9. The average Bonchev–Trinajstić information content (AvgIpc) is 3.24. The van der Waals surface area contributed by atoms with Crippen molar-refractivity contribution in [1.29, 1.82) is 0 Å². The largest absolute Gasteiger partial charge is 0.394 e. The molecule has 1 fully saturated rings. The molecule has 0 saturated carbocycles. The highest BCUT2D eigenvalue weighted by atomic mass is 32.2. The fraction of sp³-hybridized carbons (Fsp3) is 0.455. The minimum atomic E-state index is -4.25. The van der Waals surface area contributed by atoms with E-state index in [1.807, 2.05) is 6.92 Å². The maximum atomic E-state index is 11.6. The summed E-state index contributed by atoms with van der Waals surface area (Å²) in [5.41, 5.74) is 0.911. The molecule has 4 N–H and O–H groups in total. The van der Waals surface area contributed by atoms with Gasteiger partial charge in [0.1, 0.15) is 5.25 Å². The molecule has 2 unspecified atom stereocenters. The Morgan fingerprint density at radius 2 is 1.32 bits per heavy atom. The van der Waals surface area contributed by atoms with Crippen molar-refractivity contribution < 1.29 is 61.4 Å². The molecule has 0 aromatic heterocycles. The van der Waals surface area contributed by atoms with E-state index in [0.29, 0.717) is 0 Å². The van der Waals surface area contributed by atoms with Crippen LogP contribution in [0, 0.1) is 6.92 Å². The number of hydrogen-bond acceptors (Lipinski definition) is 12. The van der Waals surface area contributed by atoms with Crippen molar-refractivity contribution in [3.8, 4) is 0 Å². The number of hydrogen-bond donors (Lipinski definition) is 4. The van der Waals surface area contributed by atoms with Crippen molar-refractivity contribution in [2.24, 2.45) is 0 Å². The van der Waals surface area contributed by atoms with Crippen molar-refractivity contribution in [2.45, 2.75) is 34.5 Å². The maximum absolute atomic E-state index is 11.6. The van der Waals surface area contributed by atoms with Crippen LogP contribution < -0.4 is 0 Å². The van der Waals surface area contributed by atoms with Crippen molar-refractivity contribution in [3.63, 3.8) is 0 Å². The highest BCUT2D eigenvalue weighted by Crippen LogP contribution is 2.17. The zero-order valence-electron chi connectivity index (χ0n) is 21.7. The zero-order valence-corrected chi connectivity index (χ0v) is 25.8. The lowest BCUT2D eigenvalue weighted by Gasteiger charge is -2.07. The van der Waals surface area contributed by atoms with E-state index in [2.05, 4.69) is 0 Å². The van der Waals surface area contributed by atoms with Gasteiger partial charge in [-0.3, -0.25) is 9.11 Å². The first-order valence-electron chi connectivity index (χ1n) is 11.6. The van der Waals surface area contributed by atoms with Gasteiger partial charge in [0.15, 0.2) is 29.5 Å². The molecule has 1 heterocycles. The quantitative estimate of drug-likeness (QED) is 0.245. The van der Waals surface area contributed by atoms with Crippen molar-refractivity contribution in [3.05, 3.63) is 60.2 Å². The summed E-state index contributed by atoms with van der Waals surface area (Å²) in [5.74, 6) is -2.44. The van der Waals surface area contributed by atoms with Crippen LogP contribution in [0.25, 0.3) is 0 Å². The van der Waals surface area contributed by atoms with E-state index in [1.165, 1.54) is 24.3 Å². The summed E-state index contributed by atoms with van der Waals surface area (Å²) in [7, 11) is -18.8. The van der Waals surface area contributed by atoms with Gasteiger partial charge in [-0.05, 0) is 37.6 Å². The van der Waals surface area contributed by atoms with Gasteiger partial charge in [0.25, 0.3) is 20.2 Å². The van der Waals surface area contributed by atoms with Crippen molar-refractivity contribution >= 4 is 49.7 Å².